The topological polar surface area (TPSA) is 96.1 Å². The first kappa shape index (κ1) is 17.3. The van der Waals surface area contributed by atoms with Crippen LogP contribution in [0.4, 0.5) is 16.2 Å². The lowest BCUT2D eigenvalue weighted by atomic mass is 9.84. The van der Waals surface area contributed by atoms with Crippen LogP contribution >= 0.6 is 12.2 Å². The number of rotatable bonds is 6. The molecular weight excluding hydrogens is 329 g/mol. The minimum Gasteiger partial charge on any atom is -0.392 e. The highest BCUT2D eigenvalue weighted by Gasteiger charge is 2.73. The van der Waals surface area contributed by atoms with Crippen molar-refractivity contribution < 1.29 is 9.50 Å². The van der Waals surface area contributed by atoms with Crippen molar-refractivity contribution in [1.29, 1.82) is 0 Å². The van der Waals surface area contributed by atoms with Crippen LogP contribution in [0.5, 0.6) is 0 Å². The van der Waals surface area contributed by atoms with Crippen molar-refractivity contribution >= 4 is 29.0 Å². The van der Waals surface area contributed by atoms with Gasteiger partial charge in [-0.2, -0.15) is 4.98 Å². The van der Waals surface area contributed by atoms with Crippen LogP contribution in [-0.2, 0) is 0 Å². The highest BCUT2D eigenvalue weighted by Crippen LogP contribution is 2.68. The Balaban J connectivity index is 1.96. The third-order valence-electron chi connectivity index (χ3n) is 5.91. The maximum Gasteiger partial charge on any atom is 0.224 e. The van der Waals surface area contributed by atoms with Crippen molar-refractivity contribution in [2.45, 2.75) is 45.3 Å². The van der Waals surface area contributed by atoms with E-state index in [4.69, 9.17) is 18.0 Å². The van der Waals surface area contributed by atoms with E-state index in [-0.39, 0.29) is 28.6 Å². The van der Waals surface area contributed by atoms with E-state index < -0.39 is 6.67 Å². The molecule has 0 bridgehead atoms. The first-order valence-electron chi connectivity index (χ1n) is 8.19. The molecule has 0 saturated heterocycles. The van der Waals surface area contributed by atoms with E-state index in [9.17, 15) is 9.50 Å². The number of fused-ring (bicyclic) bond motifs is 1. The van der Waals surface area contributed by atoms with Crippen molar-refractivity contribution in [3.05, 3.63) is 11.3 Å². The zero-order valence-corrected chi connectivity index (χ0v) is 15.0. The number of nitrogens with zero attached hydrogens (tertiary/aromatic N) is 2. The van der Waals surface area contributed by atoms with Gasteiger partial charge < -0.3 is 21.5 Å². The molecule has 8 heteroatoms. The summed E-state index contributed by atoms with van der Waals surface area (Å²) in [6.45, 7) is 5.63. The molecule has 1 aromatic heterocycles. The second-order valence-corrected chi connectivity index (χ2v) is 7.61. The molecule has 0 amide bonds. The Morgan fingerprint density at radius 2 is 2.17 bits per heavy atom. The van der Waals surface area contributed by atoms with Gasteiger partial charge in [0, 0.05) is 17.5 Å². The molecule has 2 saturated carbocycles. The second kappa shape index (κ2) is 5.77. The highest BCUT2D eigenvalue weighted by atomic mass is 32.1. The largest absolute Gasteiger partial charge is 0.392 e. The van der Waals surface area contributed by atoms with E-state index in [1.165, 1.54) is 0 Å². The maximum absolute atomic E-state index is 12.4. The fourth-order valence-electron chi connectivity index (χ4n) is 4.14. The molecule has 0 aromatic carbocycles. The zero-order valence-electron chi connectivity index (χ0n) is 14.2. The molecule has 1 aromatic rings. The van der Waals surface area contributed by atoms with Gasteiger partial charge in [0.25, 0.3) is 0 Å². The Kier molecular flexibility index (Phi) is 4.16. The smallest absolute Gasteiger partial charge is 0.224 e. The average Bonchev–Trinajstić information content (AvgIpc) is 2.92. The van der Waals surface area contributed by atoms with Crippen LogP contribution in [0.3, 0.4) is 0 Å². The first-order chi connectivity index (χ1) is 11.2. The van der Waals surface area contributed by atoms with E-state index in [1.54, 1.807) is 6.92 Å². The fraction of sp³-hybridized carbons (Fsp3) is 0.688. The van der Waals surface area contributed by atoms with Crippen molar-refractivity contribution in [2.24, 2.45) is 17.1 Å². The minimum atomic E-state index is -0.508. The third-order valence-corrected chi connectivity index (χ3v) is 6.11. The summed E-state index contributed by atoms with van der Waals surface area (Å²) >= 11 is 5.16. The highest BCUT2D eigenvalue weighted by molar-refractivity contribution is 7.80. The van der Waals surface area contributed by atoms with Gasteiger partial charge >= 0.3 is 0 Å². The zero-order chi connectivity index (χ0) is 17.7. The molecule has 132 valence electrons. The molecule has 3 rings (SSSR count). The van der Waals surface area contributed by atoms with Gasteiger partial charge in [0.2, 0.25) is 5.95 Å². The summed E-state index contributed by atoms with van der Waals surface area (Å²) in [7, 11) is 0. The van der Waals surface area contributed by atoms with E-state index in [2.05, 4.69) is 34.4 Å². The standard InChI is InChI=1S/C16H24FN5OS/c1-8-10(12(18)24)13(21-14(20-8)19-7-6-17)22-15(2)5-4-9-11(23)16(9,15)3/h9,11,23H,4-7H2,1-3H3,(H2,18,24)(H2,19,20,21,22). The number of aliphatic hydroxyl groups is 1. The number of anilines is 2. The van der Waals surface area contributed by atoms with E-state index in [0.717, 1.165) is 12.8 Å². The van der Waals surface area contributed by atoms with Gasteiger partial charge in [-0.05, 0) is 32.6 Å². The number of aliphatic hydroxyl groups excluding tert-OH is 1. The van der Waals surface area contributed by atoms with Crippen LogP contribution in [-0.4, -0.2) is 44.9 Å². The molecule has 2 aliphatic carbocycles. The van der Waals surface area contributed by atoms with Crippen LogP contribution in [0.2, 0.25) is 0 Å². The minimum absolute atomic E-state index is 0.140. The van der Waals surface area contributed by atoms with Crippen molar-refractivity contribution in [3.8, 4) is 0 Å². The van der Waals surface area contributed by atoms with Crippen LogP contribution in [0.1, 0.15) is 37.9 Å². The number of aromatic nitrogens is 2. The summed E-state index contributed by atoms with van der Waals surface area (Å²) in [4.78, 5) is 8.98. The van der Waals surface area contributed by atoms with Gasteiger partial charge in [-0.3, -0.25) is 0 Å². The van der Waals surface area contributed by atoms with Gasteiger partial charge in [-0.1, -0.05) is 19.1 Å². The molecule has 5 N–H and O–H groups in total. The summed E-state index contributed by atoms with van der Waals surface area (Å²) in [5.41, 5.74) is 6.61. The number of hydrogen-bond acceptors (Lipinski definition) is 6. The van der Waals surface area contributed by atoms with Gasteiger partial charge in [0.1, 0.15) is 17.5 Å². The molecule has 0 spiro atoms. The third kappa shape index (κ3) is 2.43. The lowest BCUT2D eigenvalue weighted by molar-refractivity contribution is 0.172. The molecular formula is C16H24FN5OS. The predicted octanol–water partition coefficient (Wildman–Crippen LogP) is 1.76. The van der Waals surface area contributed by atoms with Crippen LogP contribution in [0.15, 0.2) is 0 Å². The Labute approximate surface area is 146 Å². The Hall–Kier alpha value is -1.54. The number of thiocarbonyl (C=S) groups is 1. The van der Waals surface area contributed by atoms with Crippen LogP contribution < -0.4 is 16.4 Å². The summed E-state index contributed by atoms with van der Waals surface area (Å²) in [5, 5.41) is 16.6. The van der Waals surface area contributed by atoms with Crippen molar-refractivity contribution in [2.75, 3.05) is 23.9 Å². The SMILES string of the molecule is Cc1nc(NCCF)nc(NC2(C)CCC3C(O)C32C)c1C(N)=S. The number of hydrogen-bond donors (Lipinski definition) is 4. The average molecular weight is 353 g/mol. The Morgan fingerprint density at radius 1 is 1.46 bits per heavy atom. The molecule has 4 unspecified atom stereocenters. The number of alkyl halides is 1. The number of nitrogens with two attached hydrogens (primary N) is 1. The van der Waals surface area contributed by atoms with Gasteiger partial charge in [0.05, 0.1) is 17.4 Å². The van der Waals surface area contributed by atoms with Crippen LogP contribution in [0, 0.1) is 18.3 Å². The van der Waals surface area contributed by atoms with E-state index in [0.29, 0.717) is 28.9 Å². The number of aryl methyl sites for hydroxylation is 1. The summed E-state index contributed by atoms with van der Waals surface area (Å²) in [5.74, 6) is 1.20. The number of nitrogens with one attached hydrogen (secondary N) is 2. The Morgan fingerprint density at radius 3 is 2.71 bits per heavy atom. The monoisotopic (exact) mass is 353 g/mol. The second-order valence-electron chi connectivity index (χ2n) is 7.17. The van der Waals surface area contributed by atoms with Crippen molar-refractivity contribution in [1.82, 2.24) is 9.97 Å². The molecule has 4 atom stereocenters. The number of halogens is 1. The quantitative estimate of drug-likeness (QED) is 0.579. The lowest BCUT2D eigenvalue weighted by Crippen LogP contribution is -2.44. The summed E-state index contributed by atoms with van der Waals surface area (Å²) in [6.07, 6.45) is 1.60. The van der Waals surface area contributed by atoms with E-state index in [1.807, 2.05) is 0 Å². The fourth-order valence-corrected chi connectivity index (χ4v) is 4.38. The molecule has 1 heterocycles. The summed E-state index contributed by atoms with van der Waals surface area (Å²) < 4.78 is 12.4. The summed E-state index contributed by atoms with van der Waals surface area (Å²) in [6, 6.07) is 0. The molecule has 6 nitrogen and oxygen atoms in total. The molecule has 0 aliphatic heterocycles. The molecule has 0 radical (unpaired) electrons. The van der Waals surface area contributed by atoms with Gasteiger partial charge in [-0.15, -0.1) is 0 Å². The van der Waals surface area contributed by atoms with Gasteiger partial charge in [0.15, 0.2) is 0 Å². The Bertz CT molecular complexity index is 687. The first-order valence-corrected chi connectivity index (χ1v) is 8.60. The van der Waals surface area contributed by atoms with E-state index >= 15 is 0 Å². The normalized spacial score (nSPS) is 33.9. The van der Waals surface area contributed by atoms with Crippen LogP contribution in [0.25, 0.3) is 0 Å². The maximum atomic E-state index is 12.4. The van der Waals surface area contributed by atoms with Gasteiger partial charge in [-0.25, -0.2) is 9.37 Å². The molecule has 2 fully saturated rings. The lowest BCUT2D eigenvalue weighted by Gasteiger charge is -2.36. The van der Waals surface area contributed by atoms with Crippen molar-refractivity contribution in [3.63, 3.8) is 0 Å². The molecule has 2 aliphatic rings. The molecule has 24 heavy (non-hydrogen) atoms. The predicted molar refractivity (Wildman–Crippen MR) is 96.0 cm³/mol.